The maximum atomic E-state index is 12.7. The Morgan fingerprint density at radius 2 is 1.78 bits per heavy atom. The Morgan fingerprint density at radius 3 is 2.26 bits per heavy atom. The van der Waals surface area contributed by atoms with Crippen LogP contribution in [0.2, 0.25) is 0 Å². The summed E-state index contributed by atoms with van der Waals surface area (Å²) < 4.78 is 0. The summed E-state index contributed by atoms with van der Waals surface area (Å²) in [5.74, 6) is -2.53. The number of amides is 3. The second kappa shape index (κ2) is 10.2. The van der Waals surface area contributed by atoms with Gasteiger partial charge in [0, 0.05) is 6.54 Å². The van der Waals surface area contributed by atoms with Crippen molar-refractivity contribution in [2.24, 2.45) is 17.6 Å². The molecule has 0 aliphatic carbocycles. The average Bonchev–Trinajstić information content (AvgIpc) is 3.06. The molecule has 1 fully saturated rings. The third-order valence-electron chi connectivity index (χ3n) is 4.62. The van der Waals surface area contributed by atoms with Gasteiger partial charge in [0.2, 0.25) is 17.7 Å². The first-order valence-electron chi connectivity index (χ1n) is 9.41. The Labute approximate surface area is 160 Å². The van der Waals surface area contributed by atoms with Crippen LogP contribution in [0.3, 0.4) is 0 Å². The second-order valence-electron chi connectivity index (χ2n) is 7.71. The van der Waals surface area contributed by atoms with Crippen LogP contribution < -0.4 is 16.4 Å². The van der Waals surface area contributed by atoms with Crippen molar-refractivity contribution in [3.8, 4) is 0 Å². The van der Waals surface area contributed by atoms with Crippen molar-refractivity contribution in [2.75, 3.05) is 13.1 Å². The van der Waals surface area contributed by atoms with Gasteiger partial charge in [0.1, 0.15) is 18.1 Å². The van der Waals surface area contributed by atoms with Crippen molar-refractivity contribution in [2.45, 2.75) is 65.1 Å². The molecule has 0 saturated carbocycles. The Bertz CT molecular complexity index is 564. The lowest BCUT2D eigenvalue weighted by Crippen LogP contribution is -2.57. The van der Waals surface area contributed by atoms with Crippen LogP contribution in [0.15, 0.2) is 0 Å². The highest BCUT2D eigenvalue weighted by molar-refractivity contribution is 5.94. The quantitative estimate of drug-likeness (QED) is 0.430. The molecule has 0 aromatic rings. The predicted molar refractivity (Wildman–Crippen MR) is 99.6 cm³/mol. The molecule has 0 aromatic carbocycles. The van der Waals surface area contributed by atoms with Crippen molar-refractivity contribution in [3.05, 3.63) is 0 Å². The molecular weight excluding hydrogens is 352 g/mol. The number of hydrogen-bond donors (Lipinski definition) is 4. The van der Waals surface area contributed by atoms with Crippen molar-refractivity contribution >= 4 is 23.7 Å². The van der Waals surface area contributed by atoms with Gasteiger partial charge in [-0.15, -0.1) is 0 Å². The third-order valence-corrected chi connectivity index (χ3v) is 4.62. The summed E-state index contributed by atoms with van der Waals surface area (Å²) in [5.41, 5.74) is 5.39. The number of carbonyl (C=O) groups is 4. The number of nitrogens with one attached hydrogen (secondary N) is 2. The molecule has 0 spiro atoms. The van der Waals surface area contributed by atoms with Crippen LogP contribution in [-0.4, -0.2) is 64.9 Å². The van der Waals surface area contributed by atoms with Gasteiger partial charge in [0.15, 0.2) is 0 Å². The fourth-order valence-electron chi connectivity index (χ4n) is 3.19. The minimum atomic E-state index is -1.11. The fourth-order valence-corrected chi connectivity index (χ4v) is 3.19. The number of aliphatic carboxylic acids is 1. The summed E-state index contributed by atoms with van der Waals surface area (Å²) in [5, 5.41) is 14.5. The van der Waals surface area contributed by atoms with Crippen molar-refractivity contribution in [1.82, 2.24) is 15.5 Å². The van der Waals surface area contributed by atoms with Crippen molar-refractivity contribution in [1.29, 1.82) is 0 Å². The summed E-state index contributed by atoms with van der Waals surface area (Å²) >= 11 is 0. The number of likely N-dealkylation sites (tertiary alicyclic amines) is 1. The van der Waals surface area contributed by atoms with Gasteiger partial charge < -0.3 is 26.4 Å². The van der Waals surface area contributed by atoms with E-state index in [1.807, 2.05) is 13.8 Å². The van der Waals surface area contributed by atoms with Gasteiger partial charge >= 0.3 is 5.97 Å². The summed E-state index contributed by atoms with van der Waals surface area (Å²) in [4.78, 5) is 50.0. The van der Waals surface area contributed by atoms with Gasteiger partial charge in [-0.05, 0) is 31.1 Å². The van der Waals surface area contributed by atoms with Crippen molar-refractivity contribution < 1.29 is 24.3 Å². The number of carbonyl (C=O) groups excluding carboxylic acids is 3. The molecular formula is C18H32N4O5. The zero-order valence-corrected chi connectivity index (χ0v) is 16.5. The normalized spacial score (nSPS) is 19.1. The highest BCUT2D eigenvalue weighted by atomic mass is 16.4. The van der Waals surface area contributed by atoms with Crippen LogP contribution in [0.25, 0.3) is 0 Å². The van der Waals surface area contributed by atoms with Crippen LogP contribution in [0.5, 0.6) is 0 Å². The maximum Gasteiger partial charge on any atom is 0.326 e. The van der Waals surface area contributed by atoms with E-state index >= 15 is 0 Å². The zero-order valence-electron chi connectivity index (χ0n) is 16.5. The number of rotatable bonds is 9. The van der Waals surface area contributed by atoms with Gasteiger partial charge in [0.25, 0.3) is 0 Å². The molecule has 3 unspecified atom stereocenters. The first-order chi connectivity index (χ1) is 12.6. The molecule has 5 N–H and O–H groups in total. The van der Waals surface area contributed by atoms with Gasteiger partial charge in [-0.2, -0.15) is 0 Å². The number of hydrogen-bond acceptors (Lipinski definition) is 5. The molecule has 9 heteroatoms. The maximum absolute atomic E-state index is 12.7. The van der Waals surface area contributed by atoms with E-state index < -0.39 is 35.9 Å². The minimum absolute atomic E-state index is 0.0906. The van der Waals surface area contributed by atoms with Crippen LogP contribution in [0.4, 0.5) is 0 Å². The molecule has 1 aliphatic heterocycles. The summed E-state index contributed by atoms with van der Waals surface area (Å²) in [6, 6.07) is -2.56. The van der Waals surface area contributed by atoms with Gasteiger partial charge in [-0.25, -0.2) is 4.79 Å². The Balaban J connectivity index is 2.82. The van der Waals surface area contributed by atoms with E-state index in [1.54, 1.807) is 13.8 Å². The first-order valence-corrected chi connectivity index (χ1v) is 9.41. The van der Waals surface area contributed by atoms with E-state index in [4.69, 9.17) is 5.73 Å². The topological polar surface area (TPSA) is 142 Å². The Hall–Kier alpha value is -2.16. The molecule has 1 heterocycles. The molecule has 3 atom stereocenters. The summed E-state index contributed by atoms with van der Waals surface area (Å²) in [6.07, 6.45) is 1.49. The lowest BCUT2D eigenvalue weighted by molar-refractivity contribution is -0.143. The zero-order chi connectivity index (χ0) is 20.7. The SMILES string of the molecule is CC(C)CC(NC(=O)C(NC(=O)C1CCCN1C(=O)CN)C(C)C)C(=O)O. The molecule has 1 rings (SSSR count). The molecule has 3 amide bonds. The van der Waals surface area contributed by atoms with E-state index in [2.05, 4.69) is 10.6 Å². The third kappa shape index (κ3) is 6.50. The number of nitrogens with two attached hydrogens (primary N) is 1. The van der Waals surface area contributed by atoms with Crippen LogP contribution in [-0.2, 0) is 19.2 Å². The number of carboxylic acids is 1. The molecule has 27 heavy (non-hydrogen) atoms. The second-order valence-corrected chi connectivity index (χ2v) is 7.71. The van der Waals surface area contributed by atoms with Gasteiger partial charge in [0.05, 0.1) is 6.54 Å². The van der Waals surface area contributed by atoms with E-state index in [9.17, 15) is 24.3 Å². The molecule has 9 nitrogen and oxygen atoms in total. The van der Waals surface area contributed by atoms with E-state index in [-0.39, 0.29) is 24.3 Å². The van der Waals surface area contributed by atoms with E-state index in [1.165, 1.54) is 4.90 Å². The largest absolute Gasteiger partial charge is 0.480 e. The monoisotopic (exact) mass is 384 g/mol. The smallest absolute Gasteiger partial charge is 0.326 e. The average molecular weight is 384 g/mol. The molecule has 0 aromatic heterocycles. The Morgan fingerprint density at radius 1 is 1.15 bits per heavy atom. The summed E-state index contributed by atoms with van der Waals surface area (Å²) in [7, 11) is 0. The highest BCUT2D eigenvalue weighted by Gasteiger charge is 2.36. The highest BCUT2D eigenvalue weighted by Crippen LogP contribution is 2.18. The van der Waals surface area contributed by atoms with Crippen LogP contribution >= 0.6 is 0 Å². The van der Waals surface area contributed by atoms with Crippen molar-refractivity contribution in [3.63, 3.8) is 0 Å². The van der Waals surface area contributed by atoms with E-state index in [0.717, 1.165) is 0 Å². The standard InChI is InChI=1S/C18H32N4O5/c1-10(2)8-12(18(26)27)20-17(25)15(11(3)4)21-16(24)13-6-5-7-22(13)14(23)9-19/h10-13,15H,5-9,19H2,1-4H3,(H,20,25)(H,21,24)(H,26,27). The predicted octanol–water partition coefficient (Wildman–Crippen LogP) is -0.308. The van der Waals surface area contributed by atoms with Gasteiger partial charge in [-0.1, -0.05) is 27.7 Å². The lowest BCUT2D eigenvalue weighted by atomic mass is 10.00. The number of carboxylic acid groups (broad SMARTS) is 1. The molecule has 0 radical (unpaired) electrons. The fraction of sp³-hybridized carbons (Fsp3) is 0.778. The first kappa shape index (κ1) is 22.9. The van der Waals surface area contributed by atoms with Gasteiger partial charge in [-0.3, -0.25) is 14.4 Å². The molecule has 0 bridgehead atoms. The van der Waals surface area contributed by atoms with Crippen LogP contribution in [0.1, 0.15) is 47.0 Å². The lowest BCUT2D eigenvalue weighted by Gasteiger charge is -2.28. The Kier molecular flexibility index (Phi) is 8.68. The summed E-state index contributed by atoms with van der Waals surface area (Å²) in [6.45, 7) is 7.55. The number of nitrogens with zero attached hydrogens (tertiary/aromatic N) is 1. The molecule has 1 saturated heterocycles. The molecule has 154 valence electrons. The minimum Gasteiger partial charge on any atom is -0.480 e. The van der Waals surface area contributed by atoms with E-state index in [0.29, 0.717) is 25.8 Å². The molecule has 1 aliphatic rings. The van der Waals surface area contributed by atoms with Crippen LogP contribution in [0, 0.1) is 11.8 Å².